The first kappa shape index (κ1) is 19.4. The Kier molecular flexibility index (Phi) is 6.63. The quantitative estimate of drug-likeness (QED) is 0.606. The fourth-order valence-corrected chi connectivity index (χ4v) is 2.89. The summed E-state index contributed by atoms with van der Waals surface area (Å²) < 4.78 is 5.36. The number of nitrogens with zero attached hydrogens (tertiary/aromatic N) is 1. The zero-order valence-corrected chi connectivity index (χ0v) is 16.2. The average molecular weight is 375 g/mol. The van der Waals surface area contributed by atoms with Crippen LogP contribution < -0.4 is 15.4 Å². The third-order valence-electron chi connectivity index (χ3n) is 4.54. The first-order valence-electron chi connectivity index (χ1n) is 9.41. The van der Waals surface area contributed by atoms with E-state index >= 15 is 0 Å². The number of aromatic nitrogens is 1. The van der Waals surface area contributed by atoms with Crippen LogP contribution in [0.25, 0.3) is 0 Å². The van der Waals surface area contributed by atoms with Gasteiger partial charge in [-0.25, -0.2) is 4.98 Å². The molecule has 5 heteroatoms. The van der Waals surface area contributed by atoms with Crippen LogP contribution in [0, 0.1) is 0 Å². The first-order valence-corrected chi connectivity index (χ1v) is 9.41. The largest absolute Gasteiger partial charge is 0.496 e. The van der Waals surface area contributed by atoms with Gasteiger partial charge in [0, 0.05) is 18.4 Å². The molecule has 1 amide bonds. The van der Waals surface area contributed by atoms with Crippen LogP contribution in [0.15, 0.2) is 66.9 Å². The predicted molar refractivity (Wildman–Crippen MR) is 113 cm³/mol. The summed E-state index contributed by atoms with van der Waals surface area (Å²) in [5.41, 5.74) is 3.68. The number of carbonyl (C=O) groups excluding carboxylic acids is 1. The fraction of sp³-hybridized carbons (Fsp3) is 0.217. The van der Waals surface area contributed by atoms with Crippen LogP contribution in [0.2, 0.25) is 0 Å². The highest BCUT2D eigenvalue weighted by atomic mass is 16.5. The topological polar surface area (TPSA) is 63.2 Å². The predicted octanol–water partition coefficient (Wildman–Crippen LogP) is 4.56. The molecule has 2 aromatic carbocycles. The van der Waals surface area contributed by atoms with E-state index in [4.69, 9.17) is 4.74 Å². The van der Waals surface area contributed by atoms with E-state index < -0.39 is 0 Å². The van der Waals surface area contributed by atoms with E-state index in [1.165, 1.54) is 5.56 Å². The van der Waals surface area contributed by atoms with Crippen molar-refractivity contribution in [1.82, 2.24) is 4.98 Å². The van der Waals surface area contributed by atoms with Gasteiger partial charge >= 0.3 is 0 Å². The molecular formula is C23H25N3O2. The third-order valence-corrected chi connectivity index (χ3v) is 4.54. The van der Waals surface area contributed by atoms with Gasteiger partial charge in [0.15, 0.2) is 0 Å². The molecule has 3 aromatic rings. The van der Waals surface area contributed by atoms with Crippen LogP contribution in [0.1, 0.15) is 28.4 Å². The number of methoxy groups -OCH3 is 1. The van der Waals surface area contributed by atoms with Crippen molar-refractivity contribution in [2.75, 3.05) is 24.3 Å². The number of rotatable bonds is 8. The smallest absolute Gasteiger partial charge is 0.257 e. The Balaban J connectivity index is 1.53. The minimum Gasteiger partial charge on any atom is -0.496 e. The van der Waals surface area contributed by atoms with Gasteiger partial charge in [-0.3, -0.25) is 4.79 Å². The van der Waals surface area contributed by atoms with E-state index in [1.54, 1.807) is 19.4 Å². The maximum atomic E-state index is 12.4. The molecule has 0 aliphatic carbocycles. The Morgan fingerprint density at radius 3 is 2.50 bits per heavy atom. The minimum atomic E-state index is -0.169. The van der Waals surface area contributed by atoms with Crippen LogP contribution in [-0.4, -0.2) is 24.5 Å². The molecule has 5 nitrogen and oxygen atoms in total. The van der Waals surface area contributed by atoms with Crippen molar-refractivity contribution in [2.45, 2.75) is 19.8 Å². The van der Waals surface area contributed by atoms with Gasteiger partial charge in [0.25, 0.3) is 5.91 Å². The second-order valence-electron chi connectivity index (χ2n) is 6.43. The molecule has 0 unspecified atom stereocenters. The molecule has 0 saturated heterocycles. The summed E-state index contributed by atoms with van der Waals surface area (Å²) in [6, 6.07) is 19.4. The van der Waals surface area contributed by atoms with Gasteiger partial charge < -0.3 is 15.4 Å². The van der Waals surface area contributed by atoms with E-state index in [1.807, 2.05) is 48.5 Å². The number of aryl methyl sites for hydroxylation is 1. The molecule has 0 bridgehead atoms. The molecular weight excluding hydrogens is 350 g/mol. The molecule has 0 atom stereocenters. The molecule has 0 aliphatic rings. The van der Waals surface area contributed by atoms with Crippen LogP contribution in [-0.2, 0) is 12.8 Å². The lowest BCUT2D eigenvalue weighted by Gasteiger charge is -2.10. The number of pyridine rings is 1. The SMILES string of the molecule is CCc1ccc(NC(=O)c2ccc(NCCc3ccccc3OC)nc2)cc1. The number of hydrogen-bond acceptors (Lipinski definition) is 4. The maximum Gasteiger partial charge on any atom is 0.257 e. The van der Waals surface area contributed by atoms with Crippen molar-refractivity contribution in [3.63, 3.8) is 0 Å². The molecule has 28 heavy (non-hydrogen) atoms. The van der Waals surface area contributed by atoms with Gasteiger partial charge in [0.1, 0.15) is 11.6 Å². The summed E-state index contributed by atoms with van der Waals surface area (Å²) in [5, 5.41) is 6.17. The average Bonchev–Trinajstić information content (AvgIpc) is 2.75. The number of para-hydroxylation sites is 1. The molecule has 3 rings (SSSR count). The van der Waals surface area contributed by atoms with E-state index in [0.29, 0.717) is 5.56 Å². The second kappa shape index (κ2) is 9.55. The monoisotopic (exact) mass is 375 g/mol. The summed E-state index contributed by atoms with van der Waals surface area (Å²) in [4.78, 5) is 16.7. The Bertz CT molecular complexity index is 906. The van der Waals surface area contributed by atoms with Crippen molar-refractivity contribution >= 4 is 17.4 Å². The highest BCUT2D eigenvalue weighted by molar-refractivity contribution is 6.04. The van der Waals surface area contributed by atoms with Gasteiger partial charge in [-0.2, -0.15) is 0 Å². The normalized spacial score (nSPS) is 10.4. The van der Waals surface area contributed by atoms with Gasteiger partial charge in [-0.1, -0.05) is 37.3 Å². The lowest BCUT2D eigenvalue weighted by atomic mass is 10.1. The lowest BCUT2D eigenvalue weighted by Crippen LogP contribution is -2.13. The van der Waals surface area contributed by atoms with E-state index in [9.17, 15) is 4.79 Å². The fourth-order valence-electron chi connectivity index (χ4n) is 2.89. The molecule has 1 heterocycles. The number of anilines is 2. The summed E-state index contributed by atoms with van der Waals surface area (Å²) in [5.74, 6) is 1.45. The van der Waals surface area contributed by atoms with E-state index in [0.717, 1.165) is 42.2 Å². The first-order chi connectivity index (χ1) is 13.7. The highest BCUT2D eigenvalue weighted by Crippen LogP contribution is 2.18. The van der Waals surface area contributed by atoms with Crippen molar-refractivity contribution in [3.8, 4) is 5.75 Å². The summed E-state index contributed by atoms with van der Waals surface area (Å²) in [7, 11) is 1.68. The number of hydrogen-bond donors (Lipinski definition) is 2. The molecule has 2 N–H and O–H groups in total. The number of carbonyl (C=O) groups is 1. The second-order valence-corrected chi connectivity index (χ2v) is 6.43. The standard InChI is InChI=1S/C23H25N3O2/c1-3-17-8-11-20(12-9-17)26-23(27)19-10-13-22(25-16-19)24-15-14-18-6-4-5-7-21(18)28-2/h4-13,16H,3,14-15H2,1-2H3,(H,24,25)(H,26,27). The summed E-state index contributed by atoms with van der Waals surface area (Å²) >= 11 is 0. The Morgan fingerprint density at radius 1 is 1.04 bits per heavy atom. The van der Waals surface area contributed by atoms with Crippen LogP contribution in [0.4, 0.5) is 11.5 Å². The van der Waals surface area contributed by atoms with Crippen molar-refractivity contribution < 1.29 is 9.53 Å². The van der Waals surface area contributed by atoms with Crippen LogP contribution in [0.5, 0.6) is 5.75 Å². The lowest BCUT2D eigenvalue weighted by molar-refractivity contribution is 0.102. The van der Waals surface area contributed by atoms with Gasteiger partial charge in [0.05, 0.1) is 12.7 Å². The number of amides is 1. The van der Waals surface area contributed by atoms with Gasteiger partial charge in [-0.05, 0) is 54.3 Å². The number of ether oxygens (including phenoxy) is 1. The zero-order valence-electron chi connectivity index (χ0n) is 16.2. The van der Waals surface area contributed by atoms with Gasteiger partial charge in [0.2, 0.25) is 0 Å². The van der Waals surface area contributed by atoms with E-state index in [2.05, 4.69) is 28.6 Å². The Hall–Kier alpha value is -3.34. The molecule has 0 spiro atoms. The van der Waals surface area contributed by atoms with Gasteiger partial charge in [-0.15, -0.1) is 0 Å². The zero-order chi connectivity index (χ0) is 19.8. The number of nitrogens with one attached hydrogen (secondary N) is 2. The van der Waals surface area contributed by atoms with Crippen molar-refractivity contribution in [2.24, 2.45) is 0 Å². The Labute approximate surface area is 165 Å². The summed E-state index contributed by atoms with van der Waals surface area (Å²) in [6.45, 7) is 2.83. The molecule has 0 radical (unpaired) electrons. The van der Waals surface area contributed by atoms with Crippen molar-refractivity contribution in [1.29, 1.82) is 0 Å². The molecule has 1 aromatic heterocycles. The summed E-state index contributed by atoms with van der Waals surface area (Å²) in [6.07, 6.45) is 3.38. The molecule has 144 valence electrons. The van der Waals surface area contributed by atoms with Crippen molar-refractivity contribution in [3.05, 3.63) is 83.6 Å². The highest BCUT2D eigenvalue weighted by Gasteiger charge is 2.07. The maximum absolute atomic E-state index is 12.4. The number of benzene rings is 2. The third kappa shape index (κ3) is 5.10. The van der Waals surface area contributed by atoms with Crippen LogP contribution >= 0.6 is 0 Å². The van der Waals surface area contributed by atoms with Crippen LogP contribution in [0.3, 0.4) is 0 Å². The molecule has 0 saturated carbocycles. The molecule has 0 aliphatic heterocycles. The minimum absolute atomic E-state index is 0.169. The molecule has 0 fully saturated rings. The van der Waals surface area contributed by atoms with E-state index in [-0.39, 0.29) is 5.91 Å². The Morgan fingerprint density at radius 2 is 1.82 bits per heavy atom.